The fraction of sp³-hybridized carbons (Fsp3) is 0.375. The van der Waals surface area contributed by atoms with Crippen LogP contribution in [0.2, 0.25) is 0 Å². The third-order valence-corrected chi connectivity index (χ3v) is 5.40. The summed E-state index contributed by atoms with van der Waals surface area (Å²) in [5.74, 6) is 0.157. The Balaban J connectivity index is 2.04. The number of nitrogens with zero attached hydrogens (tertiary/aromatic N) is 2. The van der Waals surface area contributed by atoms with Crippen molar-refractivity contribution in [3.63, 3.8) is 0 Å². The first-order chi connectivity index (χ1) is 12.7. The summed E-state index contributed by atoms with van der Waals surface area (Å²) in [6.45, 7) is 11.4. The number of halogens is 1. The minimum absolute atomic E-state index is 0.115. The van der Waals surface area contributed by atoms with Crippen molar-refractivity contribution in [2.75, 3.05) is 4.90 Å². The zero-order valence-corrected chi connectivity index (χ0v) is 16.8. The zero-order chi connectivity index (χ0) is 19.8. The maximum Gasteiger partial charge on any atom is 0.123 e. The minimum atomic E-state index is -0.296. The van der Waals surface area contributed by atoms with Crippen molar-refractivity contribution in [1.82, 2.24) is 0 Å². The van der Waals surface area contributed by atoms with Crippen molar-refractivity contribution >= 4 is 17.3 Å². The summed E-state index contributed by atoms with van der Waals surface area (Å²) in [6, 6.07) is 15.2. The Morgan fingerprint density at radius 3 is 2.48 bits per heavy atom. The highest BCUT2D eigenvalue weighted by Gasteiger charge is 2.37. The molecule has 1 aliphatic rings. The summed E-state index contributed by atoms with van der Waals surface area (Å²) in [5, 5.41) is 9.56. The predicted octanol–water partition coefficient (Wildman–Crippen LogP) is 6.39. The van der Waals surface area contributed by atoms with Gasteiger partial charge in [-0.05, 0) is 87.1 Å². The quantitative estimate of drug-likeness (QED) is 0.467. The molecule has 3 rings (SSSR count). The first-order valence-corrected chi connectivity index (χ1v) is 9.54. The molecule has 1 atom stereocenters. The van der Waals surface area contributed by atoms with E-state index in [-0.39, 0.29) is 11.4 Å². The summed E-state index contributed by atoms with van der Waals surface area (Å²) >= 11 is 0. The van der Waals surface area contributed by atoms with Crippen LogP contribution >= 0.6 is 0 Å². The molecule has 0 amide bonds. The Kier molecular flexibility index (Phi) is 5.11. The molecule has 0 aromatic heterocycles. The van der Waals surface area contributed by atoms with Gasteiger partial charge in [0.25, 0.3) is 0 Å². The van der Waals surface area contributed by atoms with E-state index in [1.165, 1.54) is 23.4 Å². The van der Waals surface area contributed by atoms with Crippen molar-refractivity contribution in [2.45, 2.75) is 58.5 Å². The molecule has 1 aliphatic heterocycles. The van der Waals surface area contributed by atoms with Crippen LogP contribution in [0.5, 0.6) is 0 Å². The van der Waals surface area contributed by atoms with Crippen molar-refractivity contribution < 1.29 is 4.39 Å². The van der Waals surface area contributed by atoms with Crippen LogP contribution in [0.25, 0.3) is 11.6 Å². The lowest BCUT2D eigenvalue weighted by molar-refractivity contribution is 0.356. The van der Waals surface area contributed by atoms with Crippen LogP contribution in [0, 0.1) is 17.1 Å². The zero-order valence-electron chi connectivity index (χ0n) is 16.8. The number of benzene rings is 2. The highest BCUT2D eigenvalue weighted by atomic mass is 19.1. The van der Waals surface area contributed by atoms with E-state index in [1.54, 1.807) is 12.1 Å². The Morgan fingerprint density at radius 1 is 1.22 bits per heavy atom. The molecule has 3 heteroatoms. The molecule has 0 saturated carbocycles. The van der Waals surface area contributed by atoms with Gasteiger partial charge in [-0.25, -0.2) is 4.39 Å². The van der Waals surface area contributed by atoms with Crippen LogP contribution in [-0.4, -0.2) is 11.6 Å². The predicted molar refractivity (Wildman–Crippen MR) is 111 cm³/mol. The lowest BCUT2D eigenvalue weighted by Gasteiger charge is -2.50. The van der Waals surface area contributed by atoms with E-state index in [0.29, 0.717) is 17.5 Å². The number of nitriles is 1. The Hall–Kier alpha value is -2.60. The van der Waals surface area contributed by atoms with Gasteiger partial charge in [0.2, 0.25) is 0 Å². The largest absolute Gasteiger partial charge is 0.364 e. The summed E-state index contributed by atoms with van der Waals surface area (Å²) < 4.78 is 13.2. The third kappa shape index (κ3) is 3.76. The number of hydrogen-bond acceptors (Lipinski definition) is 2. The molecule has 0 bridgehead atoms. The maximum atomic E-state index is 13.2. The fourth-order valence-corrected chi connectivity index (χ4v) is 4.51. The van der Waals surface area contributed by atoms with Crippen molar-refractivity contribution in [1.29, 1.82) is 5.26 Å². The normalized spacial score (nSPS) is 19.0. The second kappa shape index (κ2) is 7.19. The van der Waals surface area contributed by atoms with Gasteiger partial charge in [-0.3, -0.25) is 0 Å². The van der Waals surface area contributed by atoms with Crippen molar-refractivity contribution in [2.24, 2.45) is 0 Å². The molecule has 140 valence electrons. The molecule has 2 aromatic rings. The van der Waals surface area contributed by atoms with Gasteiger partial charge in [-0.1, -0.05) is 25.1 Å². The molecular weight excluding hydrogens is 335 g/mol. The first-order valence-electron chi connectivity index (χ1n) is 9.54. The van der Waals surface area contributed by atoms with Crippen LogP contribution in [0.15, 0.2) is 42.5 Å². The lowest BCUT2D eigenvalue weighted by Crippen LogP contribution is -2.51. The molecule has 0 radical (unpaired) electrons. The molecule has 0 fully saturated rings. The number of hydrogen-bond donors (Lipinski definition) is 0. The number of fused-ring (bicyclic) bond motifs is 1. The molecule has 27 heavy (non-hydrogen) atoms. The third-order valence-electron chi connectivity index (χ3n) is 5.40. The first kappa shape index (κ1) is 19.2. The molecular formula is C24H27FN2. The van der Waals surface area contributed by atoms with Gasteiger partial charge in [0.05, 0.1) is 11.6 Å². The van der Waals surface area contributed by atoms with Gasteiger partial charge in [0.15, 0.2) is 0 Å². The summed E-state index contributed by atoms with van der Waals surface area (Å²) in [5.41, 5.74) is 5.00. The molecule has 0 N–H and O–H groups in total. The molecule has 0 saturated heterocycles. The van der Waals surface area contributed by atoms with Gasteiger partial charge < -0.3 is 4.90 Å². The van der Waals surface area contributed by atoms with E-state index in [2.05, 4.69) is 63.8 Å². The Morgan fingerprint density at radius 2 is 1.89 bits per heavy atom. The van der Waals surface area contributed by atoms with E-state index in [4.69, 9.17) is 0 Å². The van der Waals surface area contributed by atoms with Gasteiger partial charge in [-0.2, -0.15) is 5.26 Å². The summed E-state index contributed by atoms with van der Waals surface area (Å²) in [7, 11) is 0. The highest BCUT2D eigenvalue weighted by Crippen LogP contribution is 2.44. The van der Waals surface area contributed by atoms with Gasteiger partial charge >= 0.3 is 0 Å². The van der Waals surface area contributed by atoms with Crippen LogP contribution < -0.4 is 4.90 Å². The van der Waals surface area contributed by atoms with E-state index in [0.717, 1.165) is 17.5 Å². The van der Waals surface area contributed by atoms with Crippen molar-refractivity contribution in [3.8, 4) is 6.07 Å². The smallest absolute Gasteiger partial charge is 0.123 e. The van der Waals surface area contributed by atoms with Gasteiger partial charge in [0.1, 0.15) is 5.82 Å². The van der Waals surface area contributed by atoms with E-state index in [9.17, 15) is 9.65 Å². The molecule has 1 heterocycles. The lowest BCUT2D eigenvalue weighted by atomic mass is 9.78. The SMILES string of the molecule is CC(C)N1c2ccc(/C=C(/C#N)c3ccc(F)cc3)cc2[C@H](C)CC1(C)C. The van der Waals surface area contributed by atoms with Crippen LogP contribution in [0.3, 0.4) is 0 Å². The number of anilines is 1. The molecule has 0 spiro atoms. The topological polar surface area (TPSA) is 27.0 Å². The summed E-state index contributed by atoms with van der Waals surface area (Å²) in [4.78, 5) is 2.50. The summed E-state index contributed by atoms with van der Waals surface area (Å²) in [6.07, 6.45) is 2.98. The molecule has 2 nitrogen and oxygen atoms in total. The Labute approximate surface area is 161 Å². The molecule has 2 aromatic carbocycles. The van der Waals surface area contributed by atoms with Crippen LogP contribution in [-0.2, 0) is 0 Å². The Bertz CT molecular complexity index is 901. The van der Waals surface area contributed by atoms with E-state index in [1.807, 2.05) is 6.08 Å². The van der Waals surface area contributed by atoms with E-state index < -0.39 is 0 Å². The standard InChI is InChI=1S/C24H27FN2/c1-16(2)27-23-11-6-18(13-22(23)17(3)14-24(27,4)5)12-20(15-26)19-7-9-21(25)10-8-19/h6-13,16-17H,14H2,1-5H3/b20-12-/t17-/m1/s1. The van der Waals surface area contributed by atoms with Crippen LogP contribution in [0.4, 0.5) is 10.1 Å². The second-order valence-electron chi connectivity index (χ2n) is 8.38. The monoisotopic (exact) mass is 362 g/mol. The molecule has 0 aliphatic carbocycles. The maximum absolute atomic E-state index is 13.2. The highest BCUT2D eigenvalue weighted by molar-refractivity contribution is 5.90. The number of allylic oxidation sites excluding steroid dienone is 1. The van der Waals surface area contributed by atoms with Crippen LogP contribution in [0.1, 0.15) is 63.6 Å². The average molecular weight is 362 g/mol. The van der Waals surface area contributed by atoms with Gasteiger partial charge in [-0.15, -0.1) is 0 Å². The minimum Gasteiger partial charge on any atom is -0.364 e. The van der Waals surface area contributed by atoms with Crippen molar-refractivity contribution in [3.05, 3.63) is 65.0 Å². The van der Waals surface area contributed by atoms with Gasteiger partial charge in [0, 0.05) is 17.3 Å². The van der Waals surface area contributed by atoms with E-state index >= 15 is 0 Å². The molecule has 0 unspecified atom stereocenters. The number of rotatable bonds is 3. The second-order valence-corrected chi connectivity index (χ2v) is 8.38. The average Bonchev–Trinajstić information content (AvgIpc) is 2.60. The fourth-order valence-electron chi connectivity index (χ4n) is 4.51.